The monoisotopic (exact) mass is 410 g/mol. The Kier molecular flexibility index (Phi) is 6.14. The van der Waals surface area contributed by atoms with E-state index in [1.54, 1.807) is 55.5 Å². The number of benzene rings is 2. The predicted molar refractivity (Wildman–Crippen MR) is 110 cm³/mol. The van der Waals surface area contributed by atoms with Crippen LogP contribution >= 0.6 is 23.4 Å². The number of hydrogen-bond acceptors (Lipinski definition) is 5. The molecular weight excluding hydrogens is 396 g/mol. The first-order valence-corrected chi connectivity index (χ1v) is 9.56. The van der Waals surface area contributed by atoms with Gasteiger partial charge >= 0.3 is 0 Å². The molecule has 1 atom stereocenters. The molecule has 6 nitrogen and oxygen atoms in total. The second kappa shape index (κ2) is 8.74. The number of hydrogen-bond donors (Lipinski definition) is 2. The van der Waals surface area contributed by atoms with Crippen molar-refractivity contribution >= 4 is 35.0 Å². The van der Waals surface area contributed by atoms with Crippen molar-refractivity contribution in [3.63, 3.8) is 0 Å². The van der Waals surface area contributed by atoms with Gasteiger partial charge in [0.25, 0.3) is 5.56 Å². The van der Waals surface area contributed by atoms with Gasteiger partial charge in [0.1, 0.15) is 11.6 Å². The first-order chi connectivity index (χ1) is 13.5. The van der Waals surface area contributed by atoms with Crippen LogP contribution < -0.4 is 10.9 Å². The third-order valence-electron chi connectivity index (χ3n) is 3.81. The van der Waals surface area contributed by atoms with Gasteiger partial charge in [-0.2, -0.15) is 5.26 Å². The maximum atomic E-state index is 12.4. The fourth-order valence-electron chi connectivity index (χ4n) is 2.45. The highest BCUT2D eigenvalue weighted by Gasteiger charge is 2.19. The van der Waals surface area contributed by atoms with Crippen molar-refractivity contribution in [2.24, 2.45) is 0 Å². The number of carbonyl (C=O) groups is 1. The number of amides is 1. The minimum absolute atomic E-state index is 0.0633. The molecule has 0 radical (unpaired) electrons. The van der Waals surface area contributed by atoms with Crippen molar-refractivity contribution in [1.82, 2.24) is 9.97 Å². The molecule has 1 amide bonds. The van der Waals surface area contributed by atoms with E-state index in [0.29, 0.717) is 16.3 Å². The largest absolute Gasteiger partial charge is 0.325 e. The number of aromatic amines is 1. The molecule has 140 valence electrons. The van der Waals surface area contributed by atoms with Crippen LogP contribution in [0.3, 0.4) is 0 Å². The van der Waals surface area contributed by atoms with Gasteiger partial charge in [-0.25, -0.2) is 4.98 Å². The molecule has 0 fully saturated rings. The van der Waals surface area contributed by atoms with Gasteiger partial charge in [-0.15, -0.1) is 0 Å². The van der Waals surface area contributed by atoms with Gasteiger partial charge in [0.2, 0.25) is 5.91 Å². The van der Waals surface area contributed by atoms with E-state index in [0.717, 1.165) is 11.8 Å². The summed E-state index contributed by atoms with van der Waals surface area (Å²) < 4.78 is 0. The Balaban J connectivity index is 1.84. The predicted octanol–water partition coefficient (Wildman–Crippen LogP) is 4.08. The summed E-state index contributed by atoms with van der Waals surface area (Å²) in [5, 5.41) is 12.3. The summed E-state index contributed by atoms with van der Waals surface area (Å²) in [7, 11) is 0. The molecular formula is C20H15ClN4O2S. The smallest absolute Gasteiger partial charge is 0.270 e. The molecule has 0 unspecified atom stereocenters. The number of rotatable bonds is 5. The maximum absolute atomic E-state index is 12.4. The minimum Gasteiger partial charge on any atom is -0.325 e. The van der Waals surface area contributed by atoms with Crippen molar-refractivity contribution in [2.75, 3.05) is 5.32 Å². The van der Waals surface area contributed by atoms with Gasteiger partial charge in [0.05, 0.1) is 10.9 Å². The summed E-state index contributed by atoms with van der Waals surface area (Å²) >= 11 is 7.02. The zero-order chi connectivity index (χ0) is 20.1. The molecule has 2 N–H and O–H groups in total. The highest BCUT2D eigenvalue weighted by atomic mass is 35.5. The van der Waals surface area contributed by atoms with Gasteiger partial charge in [-0.3, -0.25) is 9.59 Å². The number of nitrogens with zero attached hydrogens (tertiary/aromatic N) is 2. The number of anilines is 1. The topological polar surface area (TPSA) is 98.6 Å². The van der Waals surface area contributed by atoms with Crippen molar-refractivity contribution < 1.29 is 4.79 Å². The second-order valence-electron chi connectivity index (χ2n) is 5.83. The normalized spacial score (nSPS) is 11.5. The Morgan fingerprint density at radius 2 is 2.00 bits per heavy atom. The van der Waals surface area contributed by atoms with Crippen LogP contribution in [0, 0.1) is 11.3 Å². The number of carbonyl (C=O) groups excluding carboxylic acids is 1. The summed E-state index contributed by atoms with van der Waals surface area (Å²) in [5.74, 6) is -0.263. The lowest BCUT2D eigenvalue weighted by molar-refractivity contribution is -0.115. The number of H-pyrrole nitrogens is 1. The summed E-state index contributed by atoms with van der Waals surface area (Å²) in [6.07, 6.45) is 0. The van der Waals surface area contributed by atoms with E-state index < -0.39 is 10.8 Å². The summed E-state index contributed by atoms with van der Waals surface area (Å²) in [4.78, 5) is 31.7. The van der Waals surface area contributed by atoms with Crippen molar-refractivity contribution in [1.29, 1.82) is 5.26 Å². The summed E-state index contributed by atoms with van der Waals surface area (Å²) in [5.41, 5.74) is 0.920. The average Bonchev–Trinajstić information content (AvgIpc) is 2.68. The number of nitriles is 1. The SMILES string of the molecule is C[C@H](Sc1nc(-c2ccccc2)c(C#N)c(=O)[nH]1)C(=O)Nc1cccc(Cl)c1. The van der Waals surface area contributed by atoms with E-state index in [4.69, 9.17) is 11.6 Å². The fourth-order valence-corrected chi connectivity index (χ4v) is 3.43. The van der Waals surface area contributed by atoms with E-state index in [1.165, 1.54) is 0 Å². The highest BCUT2D eigenvalue weighted by Crippen LogP contribution is 2.25. The second-order valence-corrected chi connectivity index (χ2v) is 7.60. The highest BCUT2D eigenvalue weighted by molar-refractivity contribution is 8.00. The third-order valence-corrected chi connectivity index (χ3v) is 5.03. The van der Waals surface area contributed by atoms with E-state index in [2.05, 4.69) is 15.3 Å². The quantitative estimate of drug-likeness (QED) is 0.487. The molecule has 1 heterocycles. The molecule has 0 saturated heterocycles. The van der Waals surface area contributed by atoms with Gasteiger partial charge < -0.3 is 10.3 Å². The molecule has 2 aromatic carbocycles. The lowest BCUT2D eigenvalue weighted by Gasteiger charge is -2.12. The Morgan fingerprint density at radius 3 is 2.68 bits per heavy atom. The standard InChI is InChI=1S/C20H15ClN4O2S/c1-12(18(26)23-15-9-5-8-14(21)10-15)28-20-24-17(13-6-3-2-4-7-13)16(11-22)19(27)25-20/h2-10,12H,1H3,(H,23,26)(H,24,25,27)/t12-/m0/s1. The molecule has 0 aliphatic heterocycles. The van der Waals surface area contributed by atoms with Crippen LogP contribution in [0.1, 0.15) is 12.5 Å². The molecule has 3 rings (SSSR count). The number of aromatic nitrogens is 2. The first-order valence-electron chi connectivity index (χ1n) is 8.31. The fraction of sp³-hybridized carbons (Fsp3) is 0.100. The number of halogens is 1. The van der Waals surface area contributed by atoms with E-state index in [-0.39, 0.29) is 22.3 Å². The molecule has 8 heteroatoms. The zero-order valence-corrected chi connectivity index (χ0v) is 16.3. The van der Waals surface area contributed by atoms with Gasteiger partial charge in [-0.05, 0) is 25.1 Å². The van der Waals surface area contributed by atoms with Crippen LogP contribution in [0.25, 0.3) is 11.3 Å². The van der Waals surface area contributed by atoms with Crippen LogP contribution in [0.15, 0.2) is 64.5 Å². The summed E-state index contributed by atoms with van der Waals surface area (Å²) in [6.45, 7) is 1.70. The lowest BCUT2D eigenvalue weighted by atomic mass is 10.1. The Labute approximate surface area is 170 Å². The number of thioether (sulfide) groups is 1. The van der Waals surface area contributed by atoms with E-state index in [1.807, 2.05) is 12.1 Å². The molecule has 0 aliphatic carbocycles. The third kappa shape index (κ3) is 4.60. The van der Waals surface area contributed by atoms with Crippen LogP contribution in [0.4, 0.5) is 5.69 Å². The van der Waals surface area contributed by atoms with Crippen LogP contribution in [0.5, 0.6) is 0 Å². The van der Waals surface area contributed by atoms with Gasteiger partial charge in [0.15, 0.2) is 5.16 Å². The molecule has 0 bridgehead atoms. The first kappa shape index (κ1) is 19.7. The zero-order valence-electron chi connectivity index (χ0n) is 14.8. The number of nitrogens with one attached hydrogen (secondary N) is 2. The Hall–Kier alpha value is -3.08. The van der Waals surface area contributed by atoms with Crippen molar-refractivity contribution in [3.8, 4) is 17.3 Å². The van der Waals surface area contributed by atoms with E-state index >= 15 is 0 Å². The van der Waals surface area contributed by atoms with Crippen LogP contribution in [-0.4, -0.2) is 21.1 Å². The molecule has 3 aromatic rings. The van der Waals surface area contributed by atoms with Crippen LogP contribution in [-0.2, 0) is 4.79 Å². The Morgan fingerprint density at radius 1 is 1.25 bits per heavy atom. The average molecular weight is 411 g/mol. The maximum Gasteiger partial charge on any atom is 0.270 e. The molecule has 0 saturated carbocycles. The Bertz CT molecular complexity index is 1110. The molecule has 0 aliphatic rings. The van der Waals surface area contributed by atoms with Crippen molar-refractivity contribution in [2.45, 2.75) is 17.3 Å². The minimum atomic E-state index is -0.543. The van der Waals surface area contributed by atoms with Crippen molar-refractivity contribution in [3.05, 3.63) is 75.5 Å². The molecule has 28 heavy (non-hydrogen) atoms. The summed E-state index contributed by atoms with van der Waals surface area (Å²) in [6, 6.07) is 17.7. The van der Waals surface area contributed by atoms with Crippen LogP contribution in [0.2, 0.25) is 5.02 Å². The molecule has 1 aromatic heterocycles. The van der Waals surface area contributed by atoms with Gasteiger partial charge in [-0.1, -0.05) is 59.8 Å². The van der Waals surface area contributed by atoms with Gasteiger partial charge in [0, 0.05) is 16.3 Å². The molecule has 0 spiro atoms. The lowest BCUT2D eigenvalue weighted by Crippen LogP contribution is -2.23. The van der Waals surface area contributed by atoms with E-state index in [9.17, 15) is 14.9 Å².